The van der Waals surface area contributed by atoms with E-state index < -0.39 is 0 Å². The standard InChI is InChI=1S/C5H7N3.CH3Cl/c1-4-6-3-7-5(2)8-4;1-2/h3H,1-2H3;1H3. The fourth-order valence-electron chi connectivity index (χ4n) is 0.488. The first-order valence-corrected chi connectivity index (χ1v) is 3.54. The van der Waals surface area contributed by atoms with Gasteiger partial charge in [0.2, 0.25) is 0 Å². The second-order valence-corrected chi connectivity index (χ2v) is 1.58. The third-order valence-corrected chi connectivity index (χ3v) is 0.813. The zero-order chi connectivity index (χ0) is 7.98. The van der Waals surface area contributed by atoms with Gasteiger partial charge < -0.3 is 0 Å². The Hall–Kier alpha value is -0.700. The summed E-state index contributed by atoms with van der Waals surface area (Å²) in [6.45, 7) is 3.68. The van der Waals surface area contributed by atoms with Crippen LogP contribution in [0.1, 0.15) is 11.6 Å². The van der Waals surface area contributed by atoms with Crippen LogP contribution in [0.15, 0.2) is 6.33 Å². The summed E-state index contributed by atoms with van der Waals surface area (Å²) >= 11 is 4.64. The Morgan fingerprint density at radius 3 is 1.70 bits per heavy atom. The number of halogens is 1. The van der Waals surface area contributed by atoms with Gasteiger partial charge in [0.05, 0.1) is 0 Å². The van der Waals surface area contributed by atoms with Crippen LogP contribution >= 0.6 is 11.6 Å². The lowest BCUT2D eigenvalue weighted by Crippen LogP contribution is -1.91. The van der Waals surface area contributed by atoms with Gasteiger partial charge in [0.1, 0.15) is 18.0 Å². The first-order chi connectivity index (χ1) is 4.79. The zero-order valence-electron chi connectivity index (χ0n) is 6.30. The molecule has 1 aromatic rings. The van der Waals surface area contributed by atoms with E-state index in [-0.39, 0.29) is 0 Å². The molecule has 0 saturated heterocycles. The largest absolute Gasteiger partial charge is 0.222 e. The summed E-state index contributed by atoms with van der Waals surface area (Å²) in [5, 5.41) is 0. The molecule has 0 amide bonds. The normalized spacial score (nSPS) is 8.00. The maximum Gasteiger partial charge on any atom is 0.129 e. The van der Waals surface area contributed by atoms with Crippen molar-refractivity contribution in [2.75, 3.05) is 6.38 Å². The number of aryl methyl sites for hydroxylation is 2. The minimum atomic E-state index is 0.775. The van der Waals surface area contributed by atoms with Crippen molar-refractivity contribution < 1.29 is 0 Å². The molecule has 0 fully saturated rings. The molecule has 10 heavy (non-hydrogen) atoms. The molecule has 3 nitrogen and oxygen atoms in total. The van der Waals surface area contributed by atoms with Crippen molar-refractivity contribution in [3.63, 3.8) is 0 Å². The molecule has 0 aliphatic heterocycles. The van der Waals surface area contributed by atoms with Crippen LogP contribution < -0.4 is 0 Å². The molecule has 1 aromatic heterocycles. The summed E-state index contributed by atoms with van der Waals surface area (Å²) in [6, 6.07) is 0. The molecule has 0 aliphatic carbocycles. The van der Waals surface area contributed by atoms with Crippen molar-refractivity contribution in [2.45, 2.75) is 13.8 Å². The second kappa shape index (κ2) is 5.11. The lowest BCUT2D eigenvalue weighted by molar-refractivity contribution is 0.920. The summed E-state index contributed by atoms with van der Waals surface area (Å²) in [6.07, 6.45) is 2.98. The minimum absolute atomic E-state index is 0.775. The van der Waals surface area contributed by atoms with Crippen molar-refractivity contribution in [1.82, 2.24) is 15.0 Å². The van der Waals surface area contributed by atoms with Gasteiger partial charge in [-0.25, -0.2) is 15.0 Å². The van der Waals surface area contributed by atoms with Crippen LogP contribution in [0.25, 0.3) is 0 Å². The number of rotatable bonds is 0. The van der Waals surface area contributed by atoms with Crippen LogP contribution in [-0.2, 0) is 0 Å². The van der Waals surface area contributed by atoms with E-state index in [1.54, 1.807) is 0 Å². The lowest BCUT2D eigenvalue weighted by atomic mass is 10.6. The van der Waals surface area contributed by atoms with Crippen molar-refractivity contribution in [3.05, 3.63) is 18.0 Å². The second-order valence-electron chi connectivity index (χ2n) is 1.58. The van der Waals surface area contributed by atoms with E-state index in [1.807, 2.05) is 13.8 Å². The van der Waals surface area contributed by atoms with Gasteiger partial charge in [-0.3, -0.25) is 0 Å². The maximum atomic E-state index is 4.64. The Kier molecular flexibility index (Phi) is 4.76. The van der Waals surface area contributed by atoms with Crippen molar-refractivity contribution in [1.29, 1.82) is 0 Å². The van der Waals surface area contributed by atoms with Crippen LogP contribution in [0, 0.1) is 13.8 Å². The monoisotopic (exact) mass is 159 g/mol. The molecular weight excluding hydrogens is 150 g/mol. The molecule has 0 saturated carbocycles. The fraction of sp³-hybridized carbons (Fsp3) is 0.500. The number of aromatic nitrogens is 3. The van der Waals surface area contributed by atoms with Crippen LogP contribution in [0.3, 0.4) is 0 Å². The van der Waals surface area contributed by atoms with E-state index in [0.29, 0.717) is 0 Å². The molecule has 0 bridgehead atoms. The number of hydrogen-bond acceptors (Lipinski definition) is 3. The maximum absolute atomic E-state index is 4.64. The highest BCUT2D eigenvalue weighted by Crippen LogP contribution is 1.83. The average molecular weight is 160 g/mol. The Bertz CT molecular complexity index is 173. The fourth-order valence-corrected chi connectivity index (χ4v) is 0.488. The molecule has 1 heterocycles. The third kappa shape index (κ3) is 3.35. The lowest BCUT2D eigenvalue weighted by Gasteiger charge is -1.88. The van der Waals surface area contributed by atoms with Gasteiger partial charge in [0.15, 0.2) is 0 Å². The van der Waals surface area contributed by atoms with Crippen molar-refractivity contribution >= 4 is 11.6 Å². The Balaban J connectivity index is 0.000000371. The van der Waals surface area contributed by atoms with Gasteiger partial charge in [-0.1, -0.05) is 0 Å². The van der Waals surface area contributed by atoms with Gasteiger partial charge in [0, 0.05) is 6.38 Å². The summed E-state index contributed by atoms with van der Waals surface area (Å²) in [4.78, 5) is 11.6. The summed E-state index contributed by atoms with van der Waals surface area (Å²) in [7, 11) is 0. The predicted octanol–water partition coefficient (Wildman–Crippen LogP) is 1.34. The van der Waals surface area contributed by atoms with Gasteiger partial charge >= 0.3 is 0 Å². The average Bonchev–Trinajstić information content (AvgIpc) is 1.91. The summed E-state index contributed by atoms with van der Waals surface area (Å²) in [5.74, 6) is 1.55. The molecule has 0 aliphatic rings. The van der Waals surface area contributed by atoms with Gasteiger partial charge in [0.25, 0.3) is 0 Å². The van der Waals surface area contributed by atoms with Gasteiger partial charge in [-0.05, 0) is 13.8 Å². The van der Waals surface area contributed by atoms with Crippen LogP contribution in [-0.4, -0.2) is 21.3 Å². The molecule has 4 heteroatoms. The summed E-state index contributed by atoms with van der Waals surface area (Å²) in [5.41, 5.74) is 0. The molecule has 0 spiro atoms. The Morgan fingerprint density at radius 1 is 1.10 bits per heavy atom. The highest BCUT2D eigenvalue weighted by Gasteiger charge is 1.84. The molecule has 0 atom stereocenters. The minimum Gasteiger partial charge on any atom is -0.222 e. The highest BCUT2D eigenvalue weighted by atomic mass is 35.5. The van der Waals surface area contributed by atoms with E-state index in [2.05, 4.69) is 26.6 Å². The smallest absolute Gasteiger partial charge is 0.129 e. The van der Waals surface area contributed by atoms with Crippen LogP contribution in [0.5, 0.6) is 0 Å². The molecule has 56 valence electrons. The molecule has 0 unspecified atom stereocenters. The highest BCUT2D eigenvalue weighted by molar-refractivity contribution is 6.15. The predicted molar refractivity (Wildman–Crippen MR) is 41.1 cm³/mol. The van der Waals surface area contributed by atoms with E-state index in [9.17, 15) is 0 Å². The van der Waals surface area contributed by atoms with E-state index in [4.69, 9.17) is 0 Å². The van der Waals surface area contributed by atoms with E-state index >= 15 is 0 Å². The van der Waals surface area contributed by atoms with Gasteiger partial charge in [-0.15, -0.1) is 11.6 Å². The third-order valence-electron chi connectivity index (χ3n) is 0.813. The Morgan fingerprint density at radius 2 is 1.50 bits per heavy atom. The molecule has 1 rings (SSSR count). The van der Waals surface area contributed by atoms with E-state index in [0.717, 1.165) is 11.6 Å². The van der Waals surface area contributed by atoms with Gasteiger partial charge in [-0.2, -0.15) is 0 Å². The molecule has 0 N–H and O–H groups in total. The van der Waals surface area contributed by atoms with Crippen LogP contribution in [0.4, 0.5) is 0 Å². The Labute approximate surface area is 65.5 Å². The van der Waals surface area contributed by atoms with Crippen LogP contribution in [0.2, 0.25) is 0 Å². The van der Waals surface area contributed by atoms with Crippen molar-refractivity contribution in [2.24, 2.45) is 0 Å². The SMILES string of the molecule is CCl.Cc1ncnc(C)n1. The zero-order valence-corrected chi connectivity index (χ0v) is 7.05. The first kappa shape index (κ1) is 9.30. The molecule has 0 radical (unpaired) electrons. The summed E-state index contributed by atoms with van der Waals surface area (Å²) < 4.78 is 0. The topological polar surface area (TPSA) is 38.7 Å². The van der Waals surface area contributed by atoms with Crippen molar-refractivity contribution in [3.8, 4) is 0 Å². The number of hydrogen-bond donors (Lipinski definition) is 0. The first-order valence-electron chi connectivity index (χ1n) is 2.79. The molecular formula is C6H10ClN3. The number of alkyl halides is 1. The molecule has 0 aromatic carbocycles. The number of nitrogens with zero attached hydrogens (tertiary/aromatic N) is 3. The quantitative estimate of drug-likeness (QED) is 0.537. The van der Waals surface area contributed by atoms with E-state index in [1.165, 1.54) is 12.7 Å².